The van der Waals surface area contributed by atoms with Gasteiger partial charge in [0, 0.05) is 45.1 Å². The van der Waals surface area contributed by atoms with Crippen molar-refractivity contribution in [1.29, 1.82) is 0 Å². The van der Waals surface area contributed by atoms with Crippen LogP contribution in [0.25, 0.3) is 10.4 Å². The minimum atomic E-state index is -0.176. The Balaban J connectivity index is 1.28. The van der Waals surface area contributed by atoms with E-state index in [9.17, 15) is 9.59 Å². The van der Waals surface area contributed by atoms with Crippen molar-refractivity contribution in [3.05, 3.63) is 99.3 Å². The summed E-state index contributed by atoms with van der Waals surface area (Å²) in [6.45, 7) is 5.20. The average molecular weight is 577 g/mol. The number of benzene rings is 3. The van der Waals surface area contributed by atoms with Crippen LogP contribution in [0.1, 0.15) is 25.6 Å². The van der Waals surface area contributed by atoms with Crippen molar-refractivity contribution in [2.75, 3.05) is 41.8 Å². The van der Waals surface area contributed by atoms with Gasteiger partial charge in [0.1, 0.15) is 0 Å². The lowest BCUT2D eigenvalue weighted by Crippen LogP contribution is -2.36. The zero-order valence-corrected chi connectivity index (χ0v) is 22.7. The molecule has 2 amide bonds. The summed E-state index contributed by atoms with van der Waals surface area (Å²) >= 11 is 4.82. The molecular weight excluding hydrogens is 550 g/mol. The van der Waals surface area contributed by atoms with Crippen molar-refractivity contribution in [2.24, 2.45) is 0 Å². The molecule has 6 nitrogen and oxygen atoms in total. The second kappa shape index (κ2) is 11.3. The van der Waals surface area contributed by atoms with Crippen LogP contribution in [-0.4, -0.2) is 38.1 Å². The van der Waals surface area contributed by atoms with E-state index in [4.69, 9.17) is 4.74 Å². The number of nitrogens with zero attached hydrogens (tertiary/aromatic N) is 1. The summed E-state index contributed by atoms with van der Waals surface area (Å²) in [4.78, 5) is 29.6. The molecule has 5 rings (SSSR count). The predicted molar refractivity (Wildman–Crippen MR) is 154 cm³/mol. The van der Waals surface area contributed by atoms with E-state index in [1.54, 1.807) is 0 Å². The molecule has 0 atom stereocenters. The molecule has 0 aliphatic carbocycles. The molecule has 1 aliphatic heterocycles. The van der Waals surface area contributed by atoms with Gasteiger partial charge >= 0.3 is 0 Å². The Hall–Kier alpha value is -3.46. The van der Waals surface area contributed by atoms with Crippen LogP contribution >= 0.6 is 27.3 Å². The van der Waals surface area contributed by atoms with Crippen LogP contribution in [0, 0.1) is 6.92 Å². The van der Waals surface area contributed by atoms with E-state index >= 15 is 0 Å². The van der Waals surface area contributed by atoms with Crippen LogP contribution < -0.4 is 15.5 Å². The lowest BCUT2D eigenvalue weighted by Gasteiger charge is -2.28. The minimum Gasteiger partial charge on any atom is -0.378 e. The lowest BCUT2D eigenvalue weighted by molar-refractivity contribution is 0.102. The van der Waals surface area contributed by atoms with Crippen LogP contribution in [0.2, 0.25) is 0 Å². The number of hydrogen-bond acceptors (Lipinski definition) is 5. The number of anilines is 3. The number of carbonyl (C=O) groups excluding carboxylic acids is 2. The van der Waals surface area contributed by atoms with Crippen LogP contribution in [0.5, 0.6) is 0 Å². The molecular formula is C29H26BrN3O3S. The molecule has 0 radical (unpaired) electrons. The van der Waals surface area contributed by atoms with Gasteiger partial charge in [-0.3, -0.25) is 9.59 Å². The topological polar surface area (TPSA) is 70.7 Å². The molecule has 0 spiro atoms. The maximum absolute atomic E-state index is 13.0. The van der Waals surface area contributed by atoms with E-state index in [-0.39, 0.29) is 11.8 Å². The van der Waals surface area contributed by atoms with Crippen molar-refractivity contribution in [3.63, 3.8) is 0 Å². The Morgan fingerprint density at radius 3 is 2.38 bits per heavy atom. The zero-order chi connectivity index (χ0) is 25.8. The standard InChI is InChI=1S/C29H26BrN3O3S/c1-19-5-6-20(28(34)31-22-7-9-24(10-8-22)33-13-15-36-16-14-33)17-25(19)26-11-12-27(37-26)29(35)32-23-4-2-3-21(30)18-23/h2-12,17-18H,13-16H2,1H3,(H,31,34)(H,32,35). The maximum Gasteiger partial charge on any atom is 0.265 e. The zero-order valence-electron chi connectivity index (χ0n) is 20.3. The highest BCUT2D eigenvalue weighted by Crippen LogP contribution is 2.32. The number of carbonyl (C=O) groups is 2. The van der Waals surface area contributed by atoms with Gasteiger partial charge in [-0.25, -0.2) is 0 Å². The van der Waals surface area contributed by atoms with E-state index in [0.29, 0.717) is 10.4 Å². The first kappa shape index (κ1) is 25.2. The van der Waals surface area contributed by atoms with Crippen LogP contribution in [0.3, 0.4) is 0 Å². The first-order valence-corrected chi connectivity index (χ1v) is 13.6. The van der Waals surface area contributed by atoms with Crippen LogP contribution in [-0.2, 0) is 4.74 Å². The van der Waals surface area contributed by atoms with E-state index in [2.05, 4.69) is 31.5 Å². The SMILES string of the molecule is Cc1ccc(C(=O)Nc2ccc(N3CCOCC3)cc2)cc1-c1ccc(C(=O)Nc2cccc(Br)c2)s1. The predicted octanol–water partition coefficient (Wildman–Crippen LogP) is 6.83. The van der Waals surface area contributed by atoms with E-state index < -0.39 is 0 Å². The Morgan fingerprint density at radius 2 is 1.62 bits per heavy atom. The number of hydrogen-bond donors (Lipinski definition) is 2. The molecule has 2 heterocycles. The van der Waals surface area contributed by atoms with E-state index in [1.165, 1.54) is 11.3 Å². The minimum absolute atomic E-state index is 0.165. The molecule has 8 heteroatoms. The molecule has 1 aromatic heterocycles. The van der Waals surface area contributed by atoms with Crippen molar-refractivity contribution >= 4 is 56.1 Å². The second-order valence-electron chi connectivity index (χ2n) is 8.76. The van der Waals surface area contributed by atoms with Gasteiger partial charge < -0.3 is 20.3 Å². The Morgan fingerprint density at radius 1 is 0.865 bits per heavy atom. The second-order valence-corrected chi connectivity index (χ2v) is 10.8. The maximum atomic E-state index is 13.0. The first-order valence-electron chi connectivity index (χ1n) is 12.0. The largest absolute Gasteiger partial charge is 0.378 e. The van der Waals surface area contributed by atoms with Crippen molar-refractivity contribution in [2.45, 2.75) is 6.92 Å². The van der Waals surface area contributed by atoms with Gasteiger partial charge in [-0.2, -0.15) is 0 Å². The van der Waals surface area contributed by atoms with Gasteiger partial charge in [-0.15, -0.1) is 11.3 Å². The van der Waals surface area contributed by atoms with Gasteiger partial charge in [-0.1, -0.05) is 28.1 Å². The van der Waals surface area contributed by atoms with Gasteiger partial charge in [0.2, 0.25) is 0 Å². The fourth-order valence-corrected chi connectivity index (χ4v) is 5.55. The molecule has 3 aromatic carbocycles. The highest BCUT2D eigenvalue weighted by Gasteiger charge is 2.15. The van der Waals surface area contributed by atoms with Gasteiger partial charge in [0.15, 0.2) is 0 Å². The Kier molecular flexibility index (Phi) is 7.69. The number of halogens is 1. The summed E-state index contributed by atoms with van der Waals surface area (Å²) in [5, 5.41) is 5.92. The number of aryl methyl sites for hydroxylation is 1. The number of amides is 2. The van der Waals surface area contributed by atoms with Gasteiger partial charge in [0.25, 0.3) is 11.8 Å². The molecule has 0 unspecified atom stereocenters. The number of thiophene rings is 1. The third-order valence-electron chi connectivity index (χ3n) is 6.18. The van der Waals surface area contributed by atoms with Crippen molar-refractivity contribution in [3.8, 4) is 10.4 Å². The summed E-state index contributed by atoms with van der Waals surface area (Å²) in [7, 11) is 0. The summed E-state index contributed by atoms with van der Waals surface area (Å²) in [6.07, 6.45) is 0. The van der Waals surface area contributed by atoms with Crippen LogP contribution in [0.4, 0.5) is 17.1 Å². The summed E-state index contributed by atoms with van der Waals surface area (Å²) in [6, 6.07) is 24.8. The average Bonchev–Trinajstić information content (AvgIpc) is 3.40. The highest BCUT2D eigenvalue weighted by molar-refractivity contribution is 9.10. The Labute approximate surface area is 228 Å². The normalized spacial score (nSPS) is 13.3. The number of rotatable bonds is 6. The number of nitrogens with one attached hydrogen (secondary N) is 2. The molecule has 188 valence electrons. The van der Waals surface area contributed by atoms with Crippen LogP contribution in [0.15, 0.2) is 83.3 Å². The molecule has 2 N–H and O–H groups in total. The molecule has 4 aromatic rings. The number of morpholine rings is 1. The van der Waals surface area contributed by atoms with Gasteiger partial charge in [-0.05, 0) is 84.8 Å². The van der Waals surface area contributed by atoms with E-state index in [1.807, 2.05) is 85.8 Å². The van der Waals surface area contributed by atoms with Crippen molar-refractivity contribution in [1.82, 2.24) is 0 Å². The third-order valence-corrected chi connectivity index (χ3v) is 7.79. The molecule has 0 bridgehead atoms. The summed E-state index contributed by atoms with van der Waals surface area (Å²) in [5.74, 6) is -0.342. The molecule has 1 fully saturated rings. The molecule has 1 saturated heterocycles. The van der Waals surface area contributed by atoms with Crippen molar-refractivity contribution < 1.29 is 14.3 Å². The third kappa shape index (κ3) is 6.10. The quantitative estimate of drug-likeness (QED) is 0.264. The smallest absolute Gasteiger partial charge is 0.265 e. The number of ether oxygens (including phenoxy) is 1. The first-order chi connectivity index (χ1) is 18.0. The molecule has 0 saturated carbocycles. The fraction of sp³-hybridized carbons (Fsp3) is 0.172. The summed E-state index contributed by atoms with van der Waals surface area (Å²) in [5.41, 5.74) is 5.12. The van der Waals surface area contributed by atoms with Gasteiger partial charge in [0.05, 0.1) is 18.1 Å². The lowest BCUT2D eigenvalue weighted by atomic mass is 10.0. The molecule has 37 heavy (non-hydrogen) atoms. The molecule has 1 aliphatic rings. The monoisotopic (exact) mass is 575 g/mol. The summed E-state index contributed by atoms with van der Waals surface area (Å²) < 4.78 is 6.32. The van der Waals surface area contributed by atoms with E-state index in [0.717, 1.165) is 63.8 Å². The Bertz CT molecular complexity index is 1430. The highest BCUT2D eigenvalue weighted by atomic mass is 79.9. The fourth-order valence-electron chi connectivity index (χ4n) is 4.17.